The molecule has 0 spiro atoms. The summed E-state index contributed by atoms with van der Waals surface area (Å²) in [6.07, 6.45) is 3.28. The van der Waals surface area contributed by atoms with Crippen LogP contribution >= 0.6 is 12.4 Å². The van der Waals surface area contributed by atoms with E-state index in [1.54, 1.807) is 24.3 Å². The van der Waals surface area contributed by atoms with E-state index in [0.29, 0.717) is 17.2 Å². The summed E-state index contributed by atoms with van der Waals surface area (Å²) in [4.78, 5) is 26.4. The molecule has 7 heteroatoms. The number of halogens is 1. The van der Waals surface area contributed by atoms with Gasteiger partial charge in [-0.2, -0.15) is 0 Å². The summed E-state index contributed by atoms with van der Waals surface area (Å²) < 4.78 is 0. The average Bonchev–Trinajstić information content (AvgIpc) is 2.59. The highest BCUT2D eigenvalue weighted by molar-refractivity contribution is 5.97. The van der Waals surface area contributed by atoms with Crippen molar-refractivity contribution < 1.29 is 9.59 Å². The van der Waals surface area contributed by atoms with Gasteiger partial charge in [0.05, 0.1) is 0 Å². The Labute approximate surface area is 162 Å². The number of carbonyl (C=O) groups is 2. The van der Waals surface area contributed by atoms with Crippen LogP contribution < -0.4 is 16.0 Å². The molecule has 3 N–H and O–H groups in total. The molecule has 1 saturated heterocycles. The Morgan fingerprint density at radius 1 is 1.23 bits per heavy atom. The third-order valence-corrected chi connectivity index (χ3v) is 4.49. The highest BCUT2D eigenvalue weighted by atomic mass is 35.5. The second kappa shape index (κ2) is 11.0. The third kappa shape index (κ3) is 6.84. The average molecular weight is 383 g/mol. The van der Waals surface area contributed by atoms with Crippen LogP contribution in [0.25, 0.3) is 0 Å². The van der Waals surface area contributed by atoms with E-state index in [9.17, 15) is 9.59 Å². The first kappa shape index (κ1) is 22.3. The number of anilines is 1. The number of benzene rings is 1. The van der Waals surface area contributed by atoms with E-state index < -0.39 is 0 Å². The first-order valence-electron chi connectivity index (χ1n) is 9.11. The zero-order chi connectivity index (χ0) is 18.2. The Balaban J connectivity index is 0.00000338. The van der Waals surface area contributed by atoms with E-state index in [-0.39, 0.29) is 30.4 Å². The van der Waals surface area contributed by atoms with Crippen molar-refractivity contribution >= 4 is 30.0 Å². The standard InChI is InChI=1S/C19H30N4O2.ClH/c1-14(2)21-19(25)22-17-6-4-5-16(13-17)18(24)23-11-8-15(9-12-23)7-10-20-3;/h4-6,13-15,20H,7-12H2,1-3H3,(H2,21,22,25);1H. The van der Waals surface area contributed by atoms with E-state index in [0.717, 1.165) is 32.5 Å². The third-order valence-electron chi connectivity index (χ3n) is 4.49. The normalized spacial score (nSPS) is 14.7. The molecule has 0 unspecified atom stereocenters. The zero-order valence-electron chi connectivity index (χ0n) is 15.9. The summed E-state index contributed by atoms with van der Waals surface area (Å²) in [6.45, 7) is 6.45. The van der Waals surface area contributed by atoms with Crippen molar-refractivity contribution in [1.82, 2.24) is 15.5 Å². The Hall–Kier alpha value is -1.79. The molecule has 0 atom stereocenters. The molecular weight excluding hydrogens is 352 g/mol. The maximum absolute atomic E-state index is 12.7. The number of carbonyl (C=O) groups excluding carboxylic acids is 2. The molecule has 0 saturated carbocycles. The Morgan fingerprint density at radius 3 is 2.54 bits per heavy atom. The van der Waals surface area contributed by atoms with Crippen molar-refractivity contribution in [3.8, 4) is 0 Å². The molecule has 6 nitrogen and oxygen atoms in total. The van der Waals surface area contributed by atoms with Gasteiger partial charge in [-0.05, 0) is 70.8 Å². The molecule has 0 aliphatic carbocycles. The fourth-order valence-corrected chi connectivity index (χ4v) is 3.12. The molecule has 26 heavy (non-hydrogen) atoms. The van der Waals surface area contributed by atoms with Crippen LogP contribution in [0.15, 0.2) is 24.3 Å². The Morgan fingerprint density at radius 2 is 1.92 bits per heavy atom. The molecule has 0 radical (unpaired) electrons. The summed E-state index contributed by atoms with van der Waals surface area (Å²) in [5.41, 5.74) is 1.25. The number of hydrogen-bond acceptors (Lipinski definition) is 3. The van der Waals surface area contributed by atoms with Crippen LogP contribution in [0.1, 0.15) is 43.5 Å². The number of piperidine rings is 1. The van der Waals surface area contributed by atoms with E-state index in [4.69, 9.17) is 0 Å². The van der Waals surface area contributed by atoms with Crippen molar-refractivity contribution in [3.05, 3.63) is 29.8 Å². The first-order chi connectivity index (χ1) is 12.0. The lowest BCUT2D eigenvalue weighted by Crippen LogP contribution is -2.39. The van der Waals surface area contributed by atoms with Crippen molar-refractivity contribution in [2.24, 2.45) is 5.92 Å². The zero-order valence-corrected chi connectivity index (χ0v) is 16.7. The summed E-state index contributed by atoms with van der Waals surface area (Å²) >= 11 is 0. The van der Waals surface area contributed by atoms with Gasteiger partial charge >= 0.3 is 6.03 Å². The second-order valence-electron chi connectivity index (χ2n) is 6.96. The number of likely N-dealkylation sites (tertiary alicyclic amines) is 1. The topological polar surface area (TPSA) is 73.5 Å². The van der Waals surface area contributed by atoms with E-state index in [1.165, 1.54) is 6.42 Å². The summed E-state index contributed by atoms with van der Waals surface area (Å²) in [7, 11) is 1.97. The van der Waals surface area contributed by atoms with Gasteiger partial charge in [0.2, 0.25) is 0 Å². The van der Waals surface area contributed by atoms with Crippen LogP contribution in [0.2, 0.25) is 0 Å². The molecule has 1 heterocycles. The number of rotatable bonds is 6. The van der Waals surface area contributed by atoms with Crippen molar-refractivity contribution in [2.45, 2.75) is 39.2 Å². The van der Waals surface area contributed by atoms with Crippen LogP contribution in [-0.4, -0.2) is 49.6 Å². The molecule has 0 aromatic heterocycles. The van der Waals surface area contributed by atoms with Crippen LogP contribution in [0.5, 0.6) is 0 Å². The van der Waals surface area contributed by atoms with Gasteiger partial charge in [0.1, 0.15) is 0 Å². The van der Waals surface area contributed by atoms with Crippen LogP contribution in [0.3, 0.4) is 0 Å². The Kier molecular flexibility index (Phi) is 9.44. The minimum atomic E-state index is -0.259. The summed E-state index contributed by atoms with van der Waals surface area (Å²) in [5, 5.41) is 8.74. The molecule has 1 aliphatic rings. The number of nitrogens with zero attached hydrogens (tertiary/aromatic N) is 1. The predicted octanol–water partition coefficient (Wildman–Crippen LogP) is 3.10. The largest absolute Gasteiger partial charge is 0.339 e. The lowest BCUT2D eigenvalue weighted by molar-refractivity contribution is 0.0687. The van der Waals surface area contributed by atoms with E-state index in [2.05, 4.69) is 16.0 Å². The van der Waals surface area contributed by atoms with E-state index in [1.807, 2.05) is 25.8 Å². The molecule has 1 aromatic carbocycles. The predicted molar refractivity (Wildman–Crippen MR) is 108 cm³/mol. The minimum absolute atomic E-state index is 0. The van der Waals surface area contributed by atoms with Gasteiger partial charge in [0.25, 0.3) is 5.91 Å². The molecule has 1 aromatic rings. The van der Waals surface area contributed by atoms with Crippen LogP contribution in [0, 0.1) is 5.92 Å². The number of urea groups is 1. The highest BCUT2D eigenvalue weighted by Gasteiger charge is 2.23. The fraction of sp³-hybridized carbons (Fsp3) is 0.579. The number of amides is 3. The van der Waals surface area contributed by atoms with Crippen molar-refractivity contribution in [2.75, 3.05) is 32.0 Å². The first-order valence-corrected chi connectivity index (χ1v) is 9.11. The molecule has 0 bridgehead atoms. The summed E-state index contributed by atoms with van der Waals surface area (Å²) in [5.74, 6) is 0.740. The monoisotopic (exact) mass is 382 g/mol. The number of nitrogens with one attached hydrogen (secondary N) is 3. The second-order valence-corrected chi connectivity index (χ2v) is 6.96. The van der Waals surface area contributed by atoms with Crippen LogP contribution in [0.4, 0.5) is 10.5 Å². The van der Waals surface area contributed by atoms with Gasteiger partial charge in [0.15, 0.2) is 0 Å². The van der Waals surface area contributed by atoms with Gasteiger partial charge in [-0.15, -0.1) is 12.4 Å². The van der Waals surface area contributed by atoms with Gasteiger partial charge in [-0.3, -0.25) is 4.79 Å². The molecule has 2 rings (SSSR count). The van der Waals surface area contributed by atoms with Gasteiger partial charge in [-0.25, -0.2) is 4.79 Å². The fourth-order valence-electron chi connectivity index (χ4n) is 3.12. The molecule has 146 valence electrons. The molecular formula is C19H31ClN4O2. The van der Waals surface area contributed by atoms with Gasteiger partial charge < -0.3 is 20.9 Å². The van der Waals surface area contributed by atoms with Crippen molar-refractivity contribution in [3.63, 3.8) is 0 Å². The molecule has 1 fully saturated rings. The van der Waals surface area contributed by atoms with E-state index >= 15 is 0 Å². The SMILES string of the molecule is CNCCC1CCN(C(=O)c2cccc(NC(=O)NC(C)C)c2)CC1.Cl. The smallest absolute Gasteiger partial charge is 0.319 e. The van der Waals surface area contributed by atoms with Gasteiger partial charge in [-0.1, -0.05) is 6.07 Å². The maximum atomic E-state index is 12.7. The molecule has 3 amide bonds. The lowest BCUT2D eigenvalue weighted by Gasteiger charge is -2.32. The van der Waals surface area contributed by atoms with Crippen LogP contribution in [-0.2, 0) is 0 Å². The summed E-state index contributed by atoms with van der Waals surface area (Å²) in [6, 6.07) is 6.95. The quantitative estimate of drug-likeness (QED) is 0.707. The highest BCUT2D eigenvalue weighted by Crippen LogP contribution is 2.22. The molecule has 1 aliphatic heterocycles. The lowest BCUT2D eigenvalue weighted by atomic mass is 9.93. The number of hydrogen-bond donors (Lipinski definition) is 3. The van der Waals surface area contributed by atoms with Gasteiger partial charge in [0, 0.05) is 30.4 Å². The van der Waals surface area contributed by atoms with Crippen molar-refractivity contribution in [1.29, 1.82) is 0 Å². The minimum Gasteiger partial charge on any atom is -0.339 e. The Bertz CT molecular complexity index is 587. The maximum Gasteiger partial charge on any atom is 0.319 e.